The average Bonchev–Trinajstić information content (AvgIpc) is 2.28. The van der Waals surface area contributed by atoms with Gasteiger partial charge in [0.05, 0.1) is 6.61 Å². The van der Waals surface area contributed by atoms with Crippen LogP contribution in [-0.4, -0.2) is 40.9 Å². The van der Waals surface area contributed by atoms with Gasteiger partial charge < -0.3 is 14.6 Å². The van der Waals surface area contributed by atoms with E-state index >= 15 is 0 Å². The van der Waals surface area contributed by atoms with Crippen LogP contribution in [0.5, 0.6) is 6.01 Å². The predicted octanol–water partition coefficient (Wildman–Crippen LogP) is 1.29. The van der Waals surface area contributed by atoms with Gasteiger partial charge in [-0.1, -0.05) is 6.92 Å². The van der Waals surface area contributed by atoms with E-state index in [1.54, 1.807) is 6.92 Å². The van der Waals surface area contributed by atoms with Crippen molar-refractivity contribution >= 4 is 5.97 Å². The van der Waals surface area contributed by atoms with Crippen molar-refractivity contribution in [2.75, 3.05) is 19.8 Å². The van der Waals surface area contributed by atoms with Crippen LogP contribution in [0.4, 0.5) is 0 Å². The maximum Gasteiger partial charge on any atom is 0.354 e. The highest BCUT2D eigenvalue weighted by Gasteiger charge is 2.09. The molecule has 0 fully saturated rings. The lowest BCUT2D eigenvalue weighted by atomic mass is 10.3. The number of carboxylic acids is 1. The molecule has 0 aliphatic rings. The third-order valence-corrected chi connectivity index (χ3v) is 1.86. The second-order valence-corrected chi connectivity index (χ2v) is 3.44. The van der Waals surface area contributed by atoms with Crippen LogP contribution in [0.3, 0.4) is 0 Å². The first-order chi connectivity index (χ1) is 8.13. The van der Waals surface area contributed by atoms with Crippen LogP contribution in [0, 0.1) is 6.92 Å². The molecule has 0 saturated heterocycles. The van der Waals surface area contributed by atoms with Gasteiger partial charge in [0.25, 0.3) is 0 Å². The van der Waals surface area contributed by atoms with Gasteiger partial charge in [0.15, 0.2) is 5.69 Å². The number of hydrogen-bond acceptors (Lipinski definition) is 5. The van der Waals surface area contributed by atoms with Crippen LogP contribution in [-0.2, 0) is 4.74 Å². The highest BCUT2D eigenvalue weighted by atomic mass is 16.5. The Kier molecular flexibility index (Phi) is 5.35. The summed E-state index contributed by atoms with van der Waals surface area (Å²) in [6.07, 6.45) is 0.949. The normalized spacial score (nSPS) is 10.2. The first-order valence-corrected chi connectivity index (χ1v) is 5.43. The second kappa shape index (κ2) is 6.80. The maximum atomic E-state index is 10.7. The number of rotatable bonds is 7. The molecule has 1 aromatic heterocycles. The van der Waals surface area contributed by atoms with Crippen molar-refractivity contribution < 1.29 is 19.4 Å². The smallest absolute Gasteiger partial charge is 0.354 e. The minimum Gasteiger partial charge on any atom is -0.477 e. The number of carboxylic acid groups (broad SMARTS) is 1. The van der Waals surface area contributed by atoms with Crippen LogP contribution >= 0.6 is 0 Å². The molecule has 1 aromatic rings. The molecule has 0 atom stereocenters. The number of aromatic carboxylic acids is 1. The van der Waals surface area contributed by atoms with Gasteiger partial charge in [-0.2, -0.15) is 4.98 Å². The molecule has 6 nitrogen and oxygen atoms in total. The van der Waals surface area contributed by atoms with Crippen LogP contribution in [0.25, 0.3) is 0 Å². The fraction of sp³-hybridized carbons (Fsp3) is 0.545. The van der Waals surface area contributed by atoms with Crippen molar-refractivity contribution in [1.29, 1.82) is 0 Å². The molecule has 94 valence electrons. The van der Waals surface area contributed by atoms with E-state index in [1.165, 1.54) is 6.07 Å². The van der Waals surface area contributed by atoms with Gasteiger partial charge in [-0.15, -0.1) is 0 Å². The minimum absolute atomic E-state index is 0.0676. The fourth-order valence-electron chi connectivity index (χ4n) is 1.15. The lowest BCUT2D eigenvalue weighted by Crippen LogP contribution is -2.11. The molecular formula is C11H16N2O4. The summed E-state index contributed by atoms with van der Waals surface area (Å²) in [6.45, 7) is 5.13. The second-order valence-electron chi connectivity index (χ2n) is 3.44. The third-order valence-electron chi connectivity index (χ3n) is 1.86. The SMILES string of the molecule is CCCOCCOc1nc(C)cc(C(=O)O)n1. The zero-order valence-electron chi connectivity index (χ0n) is 9.97. The lowest BCUT2D eigenvalue weighted by Gasteiger charge is -2.06. The highest BCUT2D eigenvalue weighted by Crippen LogP contribution is 2.06. The molecular weight excluding hydrogens is 224 g/mol. The Hall–Kier alpha value is -1.69. The predicted molar refractivity (Wildman–Crippen MR) is 60.3 cm³/mol. The standard InChI is InChI=1S/C11H16N2O4/c1-3-4-16-5-6-17-11-12-8(2)7-9(13-11)10(14)15/h7H,3-6H2,1-2H3,(H,14,15). The van der Waals surface area contributed by atoms with Crippen molar-refractivity contribution in [2.45, 2.75) is 20.3 Å². The Balaban J connectivity index is 2.50. The zero-order chi connectivity index (χ0) is 12.7. The summed E-state index contributed by atoms with van der Waals surface area (Å²) in [5, 5.41) is 8.80. The summed E-state index contributed by atoms with van der Waals surface area (Å²) in [5.74, 6) is -1.09. The molecule has 17 heavy (non-hydrogen) atoms. The van der Waals surface area contributed by atoms with E-state index in [4.69, 9.17) is 14.6 Å². The van der Waals surface area contributed by atoms with Gasteiger partial charge >= 0.3 is 12.0 Å². The van der Waals surface area contributed by atoms with Crippen molar-refractivity contribution in [2.24, 2.45) is 0 Å². The van der Waals surface area contributed by atoms with E-state index in [2.05, 4.69) is 9.97 Å². The molecule has 0 saturated carbocycles. The van der Waals surface area contributed by atoms with Crippen molar-refractivity contribution in [1.82, 2.24) is 9.97 Å². The molecule has 0 bridgehead atoms. The Morgan fingerprint density at radius 1 is 1.35 bits per heavy atom. The van der Waals surface area contributed by atoms with E-state index in [-0.39, 0.29) is 11.7 Å². The van der Waals surface area contributed by atoms with E-state index in [0.717, 1.165) is 6.42 Å². The van der Waals surface area contributed by atoms with E-state index in [0.29, 0.717) is 25.5 Å². The first kappa shape index (κ1) is 13.4. The largest absolute Gasteiger partial charge is 0.477 e. The summed E-state index contributed by atoms with van der Waals surface area (Å²) in [6, 6.07) is 1.46. The Morgan fingerprint density at radius 2 is 2.12 bits per heavy atom. The van der Waals surface area contributed by atoms with Gasteiger partial charge in [-0.3, -0.25) is 0 Å². The van der Waals surface area contributed by atoms with Gasteiger partial charge in [-0.05, 0) is 19.4 Å². The number of ether oxygens (including phenoxy) is 2. The number of nitrogens with zero attached hydrogens (tertiary/aromatic N) is 2. The molecule has 1 rings (SSSR count). The molecule has 0 aliphatic carbocycles. The Morgan fingerprint density at radius 3 is 2.76 bits per heavy atom. The molecule has 0 amide bonds. The van der Waals surface area contributed by atoms with Gasteiger partial charge in [0.1, 0.15) is 6.61 Å². The topological polar surface area (TPSA) is 81.5 Å². The fourth-order valence-corrected chi connectivity index (χ4v) is 1.15. The molecule has 0 spiro atoms. The molecule has 0 aliphatic heterocycles. The van der Waals surface area contributed by atoms with Crippen molar-refractivity contribution in [3.05, 3.63) is 17.5 Å². The number of aromatic nitrogens is 2. The monoisotopic (exact) mass is 240 g/mol. The summed E-state index contributed by atoms with van der Waals surface area (Å²) >= 11 is 0. The van der Waals surface area contributed by atoms with Crippen LogP contribution in [0.1, 0.15) is 29.5 Å². The average molecular weight is 240 g/mol. The molecule has 0 radical (unpaired) electrons. The molecule has 0 aromatic carbocycles. The van der Waals surface area contributed by atoms with Crippen LogP contribution in [0.15, 0.2) is 6.07 Å². The number of aryl methyl sites for hydroxylation is 1. The maximum absolute atomic E-state index is 10.7. The summed E-state index contributed by atoms with van der Waals surface area (Å²) < 4.78 is 10.4. The number of hydrogen-bond donors (Lipinski definition) is 1. The van der Waals surface area contributed by atoms with Crippen LogP contribution < -0.4 is 4.74 Å². The first-order valence-electron chi connectivity index (χ1n) is 5.43. The van der Waals surface area contributed by atoms with Crippen LogP contribution in [0.2, 0.25) is 0 Å². The molecule has 1 N–H and O–H groups in total. The van der Waals surface area contributed by atoms with E-state index in [9.17, 15) is 4.79 Å². The molecule has 6 heteroatoms. The van der Waals surface area contributed by atoms with Gasteiger partial charge in [-0.25, -0.2) is 9.78 Å². The van der Waals surface area contributed by atoms with E-state index in [1.807, 2.05) is 6.92 Å². The Labute approximate surface area is 99.6 Å². The van der Waals surface area contributed by atoms with Gasteiger partial charge in [0.2, 0.25) is 0 Å². The summed E-state index contributed by atoms with van der Waals surface area (Å²) in [7, 11) is 0. The highest BCUT2D eigenvalue weighted by molar-refractivity contribution is 5.85. The number of carbonyl (C=O) groups is 1. The van der Waals surface area contributed by atoms with Crippen molar-refractivity contribution in [3.63, 3.8) is 0 Å². The Bertz CT molecular complexity index is 382. The van der Waals surface area contributed by atoms with E-state index < -0.39 is 5.97 Å². The quantitative estimate of drug-likeness (QED) is 0.723. The molecule has 1 heterocycles. The third kappa shape index (κ3) is 4.78. The lowest BCUT2D eigenvalue weighted by molar-refractivity contribution is 0.0686. The zero-order valence-corrected chi connectivity index (χ0v) is 9.97. The minimum atomic E-state index is -1.09. The summed E-state index contributed by atoms with van der Waals surface area (Å²) in [5.41, 5.74) is 0.490. The molecule has 0 unspecified atom stereocenters. The van der Waals surface area contributed by atoms with Crippen molar-refractivity contribution in [3.8, 4) is 6.01 Å². The summed E-state index contributed by atoms with van der Waals surface area (Å²) in [4.78, 5) is 18.5. The van der Waals surface area contributed by atoms with Gasteiger partial charge in [0, 0.05) is 12.3 Å².